The molecule has 0 bridgehead atoms. The first-order chi connectivity index (χ1) is 17.1. The van der Waals surface area contributed by atoms with Crippen LogP contribution < -0.4 is 10.2 Å². The lowest BCUT2D eigenvalue weighted by Crippen LogP contribution is -2.30. The summed E-state index contributed by atoms with van der Waals surface area (Å²) in [6.07, 6.45) is 2.73. The highest BCUT2D eigenvalue weighted by Gasteiger charge is 2.18. The Balaban J connectivity index is 1.43. The zero-order valence-corrected chi connectivity index (χ0v) is 19.9. The van der Waals surface area contributed by atoms with Crippen LogP contribution in [0.15, 0.2) is 103 Å². The summed E-state index contributed by atoms with van der Waals surface area (Å²) in [5.74, 6) is -0.0978. The topological polar surface area (TPSA) is 62.3 Å². The molecular formula is C30H29N3O2. The van der Waals surface area contributed by atoms with Crippen molar-refractivity contribution in [3.05, 3.63) is 131 Å². The third-order valence-electron chi connectivity index (χ3n) is 5.77. The Morgan fingerprint density at radius 2 is 1.51 bits per heavy atom. The average molecular weight is 464 g/mol. The standard InChI is InChI=1S/C30H29N3O2/c1-23-10-14-26(15-11-23)30(35)33(22-25-7-3-2-4-8-25)28-16-12-24(13-17-28)21-29(34)32-20-18-27-9-5-6-19-31-27/h2-17,19H,18,20-22H2,1H3,(H,32,34). The molecule has 0 fully saturated rings. The smallest absolute Gasteiger partial charge is 0.258 e. The molecule has 5 heteroatoms. The van der Waals surface area contributed by atoms with Crippen LogP contribution in [0, 0.1) is 6.92 Å². The molecule has 0 aliphatic carbocycles. The SMILES string of the molecule is Cc1ccc(C(=O)N(Cc2ccccc2)c2ccc(CC(=O)NCCc3ccccn3)cc2)cc1. The quantitative estimate of drug-likeness (QED) is 0.374. The van der Waals surface area contributed by atoms with Crippen molar-refractivity contribution in [1.82, 2.24) is 10.3 Å². The van der Waals surface area contributed by atoms with Crippen molar-refractivity contribution in [3.8, 4) is 0 Å². The molecule has 2 amide bonds. The van der Waals surface area contributed by atoms with E-state index in [1.54, 1.807) is 11.1 Å². The van der Waals surface area contributed by atoms with Gasteiger partial charge < -0.3 is 10.2 Å². The molecule has 3 aromatic carbocycles. The van der Waals surface area contributed by atoms with Crippen LogP contribution in [0.1, 0.15) is 32.7 Å². The number of nitrogens with one attached hydrogen (secondary N) is 1. The summed E-state index contributed by atoms with van der Waals surface area (Å²) in [7, 11) is 0. The van der Waals surface area contributed by atoms with Crippen molar-refractivity contribution >= 4 is 17.5 Å². The fourth-order valence-corrected chi connectivity index (χ4v) is 3.82. The van der Waals surface area contributed by atoms with Gasteiger partial charge in [-0.2, -0.15) is 0 Å². The lowest BCUT2D eigenvalue weighted by atomic mass is 10.1. The zero-order valence-electron chi connectivity index (χ0n) is 19.9. The number of aryl methyl sites for hydroxylation is 1. The Morgan fingerprint density at radius 3 is 2.20 bits per heavy atom. The van der Waals surface area contributed by atoms with E-state index in [1.807, 2.05) is 104 Å². The summed E-state index contributed by atoms with van der Waals surface area (Å²) in [5.41, 5.74) is 5.44. The average Bonchev–Trinajstić information content (AvgIpc) is 2.89. The maximum Gasteiger partial charge on any atom is 0.258 e. The predicted molar refractivity (Wildman–Crippen MR) is 139 cm³/mol. The number of rotatable bonds is 9. The van der Waals surface area contributed by atoms with Crippen LogP contribution in [-0.4, -0.2) is 23.3 Å². The number of aromatic nitrogens is 1. The number of carbonyl (C=O) groups is 2. The Bertz CT molecular complexity index is 1240. The first-order valence-electron chi connectivity index (χ1n) is 11.8. The minimum Gasteiger partial charge on any atom is -0.355 e. The maximum atomic E-state index is 13.4. The fraction of sp³-hybridized carbons (Fsp3) is 0.167. The first kappa shape index (κ1) is 23.9. The molecule has 176 valence electrons. The molecule has 1 aromatic heterocycles. The molecule has 4 aromatic rings. The zero-order chi connectivity index (χ0) is 24.5. The highest BCUT2D eigenvalue weighted by molar-refractivity contribution is 6.06. The van der Waals surface area contributed by atoms with E-state index >= 15 is 0 Å². The van der Waals surface area contributed by atoms with Crippen molar-refractivity contribution < 1.29 is 9.59 Å². The molecule has 0 radical (unpaired) electrons. The van der Waals surface area contributed by atoms with Gasteiger partial charge in [0.2, 0.25) is 5.91 Å². The number of hydrogen-bond donors (Lipinski definition) is 1. The van der Waals surface area contributed by atoms with Crippen LogP contribution in [0.3, 0.4) is 0 Å². The molecule has 0 atom stereocenters. The third kappa shape index (κ3) is 6.87. The molecular weight excluding hydrogens is 434 g/mol. The molecule has 4 rings (SSSR count). The normalized spacial score (nSPS) is 10.5. The largest absolute Gasteiger partial charge is 0.355 e. The lowest BCUT2D eigenvalue weighted by molar-refractivity contribution is -0.120. The molecule has 1 N–H and O–H groups in total. The van der Waals surface area contributed by atoms with E-state index in [-0.39, 0.29) is 18.2 Å². The van der Waals surface area contributed by atoms with Gasteiger partial charge in [0.25, 0.3) is 5.91 Å². The van der Waals surface area contributed by atoms with Gasteiger partial charge in [0, 0.05) is 36.1 Å². The van der Waals surface area contributed by atoms with Crippen LogP contribution >= 0.6 is 0 Å². The predicted octanol–water partition coefficient (Wildman–Crippen LogP) is 5.14. The summed E-state index contributed by atoms with van der Waals surface area (Å²) in [5, 5.41) is 2.95. The van der Waals surface area contributed by atoms with Crippen LogP contribution in [0.2, 0.25) is 0 Å². The molecule has 5 nitrogen and oxygen atoms in total. The number of benzene rings is 3. The molecule has 0 aliphatic rings. The second kappa shape index (κ2) is 11.7. The molecule has 0 unspecified atom stereocenters. The van der Waals surface area contributed by atoms with Crippen molar-refractivity contribution in [2.24, 2.45) is 0 Å². The van der Waals surface area contributed by atoms with Gasteiger partial charge in [-0.3, -0.25) is 14.6 Å². The molecule has 1 heterocycles. The summed E-state index contributed by atoms with van der Waals surface area (Å²) in [6, 6.07) is 31.0. The van der Waals surface area contributed by atoms with Gasteiger partial charge >= 0.3 is 0 Å². The van der Waals surface area contributed by atoms with Crippen LogP contribution in [0.4, 0.5) is 5.69 Å². The van der Waals surface area contributed by atoms with Gasteiger partial charge in [0.05, 0.1) is 13.0 Å². The van der Waals surface area contributed by atoms with Gasteiger partial charge in [-0.25, -0.2) is 0 Å². The Labute approximate surface area is 206 Å². The van der Waals surface area contributed by atoms with Gasteiger partial charge in [-0.1, -0.05) is 66.2 Å². The van der Waals surface area contributed by atoms with Crippen molar-refractivity contribution in [2.45, 2.75) is 26.3 Å². The first-order valence-corrected chi connectivity index (χ1v) is 11.8. The molecule has 0 aliphatic heterocycles. The van der Waals surface area contributed by atoms with Crippen LogP contribution in [0.25, 0.3) is 0 Å². The Kier molecular flexibility index (Phi) is 8.02. The van der Waals surface area contributed by atoms with Crippen molar-refractivity contribution in [2.75, 3.05) is 11.4 Å². The van der Waals surface area contributed by atoms with Crippen LogP contribution in [0.5, 0.6) is 0 Å². The van der Waals surface area contributed by atoms with Crippen LogP contribution in [-0.2, 0) is 24.2 Å². The number of nitrogens with zero attached hydrogens (tertiary/aromatic N) is 2. The van der Waals surface area contributed by atoms with E-state index in [1.165, 1.54) is 0 Å². The van der Waals surface area contributed by atoms with Crippen molar-refractivity contribution in [3.63, 3.8) is 0 Å². The highest BCUT2D eigenvalue weighted by Crippen LogP contribution is 2.22. The molecule has 0 saturated heterocycles. The fourth-order valence-electron chi connectivity index (χ4n) is 3.82. The minimum atomic E-state index is -0.0612. The number of anilines is 1. The third-order valence-corrected chi connectivity index (χ3v) is 5.77. The second-order valence-electron chi connectivity index (χ2n) is 8.51. The van der Waals surface area contributed by atoms with Gasteiger partial charge in [0.15, 0.2) is 0 Å². The van der Waals surface area contributed by atoms with Crippen molar-refractivity contribution in [1.29, 1.82) is 0 Å². The van der Waals surface area contributed by atoms with Gasteiger partial charge in [0.1, 0.15) is 0 Å². The molecule has 35 heavy (non-hydrogen) atoms. The summed E-state index contributed by atoms with van der Waals surface area (Å²) >= 11 is 0. The summed E-state index contributed by atoms with van der Waals surface area (Å²) in [6.45, 7) is 3.01. The molecule has 0 spiro atoms. The van der Waals surface area contributed by atoms with Gasteiger partial charge in [-0.15, -0.1) is 0 Å². The number of hydrogen-bond acceptors (Lipinski definition) is 3. The summed E-state index contributed by atoms with van der Waals surface area (Å²) < 4.78 is 0. The van der Waals surface area contributed by atoms with E-state index < -0.39 is 0 Å². The van der Waals surface area contributed by atoms with E-state index in [9.17, 15) is 9.59 Å². The van der Waals surface area contributed by atoms with E-state index in [2.05, 4.69) is 10.3 Å². The Hall–Kier alpha value is -4.25. The molecule has 0 saturated carbocycles. The minimum absolute atomic E-state index is 0.0365. The van der Waals surface area contributed by atoms with E-state index in [0.717, 1.165) is 28.1 Å². The number of carbonyl (C=O) groups excluding carboxylic acids is 2. The van der Waals surface area contributed by atoms with Gasteiger partial charge in [-0.05, 0) is 54.4 Å². The second-order valence-corrected chi connectivity index (χ2v) is 8.51. The summed E-state index contributed by atoms with van der Waals surface area (Å²) in [4.78, 5) is 31.8. The number of pyridine rings is 1. The number of amides is 2. The lowest BCUT2D eigenvalue weighted by Gasteiger charge is -2.23. The monoisotopic (exact) mass is 463 g/mol. The van der Waals surface area contributed by atoms with E-state index in [4.69, 9.17) is 0 Å². The highest BCUT2D eigenvalue weighted by atomic mass is 16.2. The maximum absolute atomic E-state index is 13.4. The Morgan fingerprint density at radius 1 is 0.800 bits per heavy atom. The van der Waals surface area contributed by atoms with E-state index in [0.29, 0.717) is 25.1 Å².